The highest BCUT2D eigenvalue weighted by Gasteiger charge is 2.21. The summed E-state index contributed by atoms with van der Waals surface area (Å²) in [4.78, 5) is 18.3. The van der Waals surface area contributed by atoms with Crippen LogP contribution >= 0.6 is 11.6 Å². The van der Waals surface area contributed by atoms with Crippen LogP contribution in [0.2, 0.25) is 5.02 Å². The summed E-state index contributed by atoms with van der Waals surface area (Å²) in [5.74, 6) is 0.436. The maximum absolute atomic E-state index is 12.5. The van der Waals surface area contributed by atoms with Crippen LogP contribution in [0.1, 0.15) is 37.6 Å². The number of anilines is 1. The Labute approximate surface area is 124 Å². The van der Waals surface area contributed by atoms with Gasteiger partial charge in [0.25, 0.3) is 5.91 Å². The van der Waals surface area contributed by atoms with Crippen molar-refractivity contribution < 1.29 is 4.79 Å². The van der Waals surface area contributed by atoms with Crippen molar-refractivity contribution in [2.45, 2.75) is 33.2 Å². The molecular weight excluding hydrogens is 276 g/mol. The van der Waals surface area contributed by atoms with Crippen LogP contribution < -0.4 is 5.32 Å². The van der Waals surface area contributed by atoms with Gasteiger partial charge in [0.15, 0.2) is 0 Å². The van der Waals surface area contributed by atoms with E-state index in [0.29, 0.717) is 35.9 Å². The Morgan fingerprint density at radius 3 is 2.85 bits per heavy atom. The fourth-order valence-electron chi connectivity index (χ4n) is 1.80. The number of hydrogen-bond acceptors (Lipinski definition) is 4. The summed E-state index contributed by atoms with van der Waals surface area (Å²) >= 11 is 6.07. The van der Waals surface area contributed by atoms with Crippen LogP contribution in [0.15, 0.2) is 12.3 Å². The fraction of sp³-hybridized carbons (Fsp3) is 0.500. The summed E-state index contributed by atoms with van der Waals surface area (Å²) in [5, 5.41) is 12.1. The lowest BCUT2D eigenvalue weighted by Gasteiger charge is -2.26. The molecule has 0 aliphatic rings. The summed E-state index contributed by atoms with van der Waals surface area (Å²) in [5.41, 5.74) is 0.407. The third-order valence-electron chi connectivity index (χ3n) is 2.79. The molecular formula is C14H19ClN4O. The van der Waals surface area contributed by atoms with Gasteiger partial charge in [-0.2, -0.15) is 5.26 Å². The van der Waals surface area contributed by atoms with E-state index in [1.54, 1.807) is 11.0 Å². The number of amides is 1. The molecule has 0 bridgehead atoms. The molecule has 1 aromatic heterocycles. The van der Waals surface area contributed by atoms with Crippen molar-refractivity contribution in [1.82, 2.24) is 9.88 Å². The second-order valence-corrected chi connectivity index (χ2v) is 4.99. The van der Waals surface area contributed by atoms with Gasteiger partial charge in [0.05, 0.1) is 23.1 Å². The minimum Gasteiger partial charge on any atom is -0.370 e. The van der Waals surface area contributed by atoms with Gasteiger partial charge in [0.1, 0.15) is 5.82 Å². The Bertz CT molecular complexity index is 510. The Morgan fingerprint density at radius 1 is 1.60 bits per heavy atom. The number of nitrogens with zero attached hydrogens (tertiary/aromatic N) is 3. The normalized spacial score (nSPS) is 10.2. The lowest BCUT2D eigenvalue weighted by Crippen LogP contribution is -2.37. The maximum Gasteiger partial charge on any atom is 0.255 e. The molecule has 1 rings (SSSR count). The summed E-state index contributed by atoms with van der Waals surface area (Å²) < 4.78 is 0. The molecule has 0 aromatic carbocycles. The van der Waals surface area contributed by atoms with Crippen LogP contribution in [-0.4, -0.2) is 34.9 Å². The van der Waals surface area contributed by atoms with Crippen molar-refractivity contribution in [2.24, 2.45) is 0 Å². The van der Waals surface area contributed by atoms with E-state index in [1.165, 1.54) is 6.20 Å². The number of carbonyl (C=O) groups excluding carboxylic acids is 1. The largest absolute Gasteiger partial charge is 0.370 e. The van der Waals surface area contributed by atoms with Crippen LogP contribution in [0, 0.1) is 11.3 Å². The van der Waals surface area contributed by atoms with Crippen LogP contribution in [0.5, 0.6) is 0 Å². The second kappa shape index (κ2) is 7.71. The molecule has 1 amide bonds. The Balaban J connectivity index is 3.04. The highest BCUT2D eigenvalue weighted by atomic mass is 35.5. The SMILES string of the molecule is CCNc1cc(C(=O)N(CCC#N)C(C)C)c(Cl)cn1. The number of pyridine rings is 1. The first-order valence-electron chi connectivity index (χ1n) is 6.58. The number of hydrogen-bond donors (Lipinski definition) is 1. The first kappa shape index (κ1) is 16.3. The van der Waals surface area contributed by atoms with E-state index >= 15 is 0 Å². The van der Waals surface area contributed by atoms with Crippen molar-refractivity contribution >= 4 is 23.3 Å². The van der Waals surface area contributed by atoms with Gasteiger partial charge in [-0.15, -0.1) is 0 Å². The Kier molecular flexibility index (Phi) is 6.26. The molecule has 5 nitrogen and oxygen atoms in total. The van der Waals surface area contributed by atoms with Crippen LogP contribution in [-0.2, 0) is 0 Å². The topological polar surface area (TPSA) is 69.0 Å². The minimum atomic E-state index is -0.179. The second-order valence-electron chi connectivity index (χ2n) is 4.58. The van der Waals surface area contributed by atoms with E-state index in [9.17, 15) is 4.79 Å². The van der Waals surface area contributed by atoms with Gasteiger partial charge in [-0.3, -0.25) is 4.79 Å². The zero-order valence-corrected chi connectivity index (χ0v) is 12.7. The third-order valence-corrected chi connectivity index (χ3v) is 3.09. The van der Waals surface area contributed by atoms with Crippen molar-refractivity contribution in [3.63, 3.8) is 0 Å². The summed E-state index contributed by atoms with van der Waals surface area (Å²) in [6.07, 6.45) is 1.77. The van der Waals surface area contributed by atoms with Gasteiger partial charge in [-0.1, -0.05) is 11.6 Å². The maximum atomic E-state index is 12.5. The van der Waals surface area contributed by atoms with Crippen LogP contribution in [0.4, 0.5) is 5.82 Å². The molecule has 1 heterocycles. The zero-order valence-electron chi connectivity index (χ0n) is 12.0. The van der Waals surface area contributed by atoms with Gasteiger partial charge in [0.2, 0.25) is 0 Å². The summed E-state index contributed by atoms with van der Waals surface area (Å²) in [7, 11) is 0. The molecule has 20 heavy (non-hydrogen) atoms. The number of nitriles is 1. The lowest BCUT2D eigenvalue weighted by atomic mass is 10.2. The first-order valence-corrected chi connectivity index (χ1v) is 6.96. The Hall–Kier alpha value is -1.80. The average molecular weight is 295 g/mol. The molecule has 0 saturated heterocycles. The van der Waals surface area contributed by atoms with Crippen molar-refractivity contribution in [1.29, 1.82) is 5.26 Å². The van der Waals surface area contributed by atoms with Crippen molar-refractivity contribution in [2.75, 3.05) is 18.4 Å². The summed E-state index contributed by atoms with van der Waals surface area (Å²) in [6.45, 7) is 6.88. The molecule has 0 radical (unpaired) electrons. The molecule has 0 aliphatic heterocycles. The predicted octanol–water partition coefficient (Wildman–Crippen LogP) is 2.93. The standard InChI is InChI=1S/C14H19ClN4O/c1-4-17-13-8-11(12(15)9-18-13)14(20)19(10(2)3)7-5-6-16/h8-10H,4-5,7H2,1-3H3,(H,17,18). The lowest BCUT2D eigenvalue weighted by molar-refractivity contribution is 0.0710. The molecule has 0 aliphatic carbocycles. The highest BCUT2D eigenvalue weighted by Crippen LogP contribution is 2.21. The van der Waals surface area contributed by atoms with Crippen LogP contribution in [0.25, 0.3) is 0 Å². The van der Waals surface area contributed by atoms with E-state index in [1.807, 2.05) is 20.8 Å². The average Bonchev–Trinajstić information content (AvgIpc) is 2.41. The predicted molar refractivity (Wildman–Crippen MR) is 79.8 cm³/mol. The molecule has 0 atom stereocenters. The molecule has 108 valence electrons. The molecule has 0 spiro atoms. The van der Waals surface area contributed by atoms with Crippen molar-refractivity contribution in [3.8, 4) is 6.07 Å². The molecule has 0 fully saturated rings. The molecule has 0 saturated carbocycles. The summed E-state index contributed by atoms with van der Waals surface area (Å²) in [6, 6.07) is 3.71. The van der Waals surface area contributed by atoms with E-state index < -0.39 is 0 Å². The van der Waals surface area contributed by atoms with Gasteiger partial charge in [0, 0.05) is 25.3 Å². The number of halogens is 1. The van der Waals surface area contributed by atoms with Gasteiger partial charge in [-0.25, -0.2) is 4.98 Å². The monoisotopic (exact) mass is 294 g/mol. The molecule has 0 unspecified atom stereocenters. The van der Waals surface area contributed by atoms with Crippen LogP contribution in [0.3, 0.4) is 0 Å². The third kappa shape index (κ3) is 4.10. The van der Waals surface area contributed by atoms with Gasteiger partial charge < -0.3 is 10.2 Å². The van der Waals surface area contributed by atoms with Crippen molar-refractivity contribution in [3.05, 3.63) is 22.8 Å². The number of carbonyl (C=O) groups is 1. The minimum absolute atomic E-state index is 0.00247. The smallest absolute Gasteiger partial charge is 0.255 e. The molecule has 6 heteroatoms. The number of aromatic nitrogens is 1. The van der Waals surface area contributed by atoms with Gasteiger partial charge in [-0.05, 0) is 26.8 Å². The molecule has 1 N–H and O–H groups in total. The highest BCUT2D eigenvalue weighted by molar-refractivity contribution is 6.33. The van der Waals surface area contributed by atoms with E-state index in [0.717, 1.165) is 0 Å². The van der Waals surface area contributed by atoms with E-state index in [2.05, 4.69) is 16.4 Å². The fourth-order valence-corrected chi connectivity index (χ4v) is 1.98. The van der Waals surface area contributed by atoms with E-state index in [-0.39, 0.29) is 11.9 Å². The molecule has 1 aromatic rings. The first-order chi connectivity index (χ1) is 9.51. The van der Waals surface area contributed by atoms with E-state index in [4.69, 9.17) is 16.9 Å². The number of rotatable bonds is 6. The quantitative estimate of drug-likeness (QED) is 0.876. The number of nitrogens with one attached hydrogen (secondary N) is 1. The Morgan fingerprint density at radius 2 is 2.30 bits per heavy atom. The zero-order chi connectivity index (χ0) is 15.1. The van der Waals surface area contributed by atoms with Gasteiger partial charge >= 0.3 is 0 Å².